The van der Waals surface area contributed by atoms with Gasteiger partial charge in [0, 0.05) is 25.1 Å². The minimum absolute atomic E-state index is 0.290. The Kier molecular flexibility index (Phi) is 2.92. The molecule has 0 saturated carbocycles. The number of aromatic amines is 1. The van der Waals surface area contributed by atoms with E-state index >= 15 is 0 Å². The number of hydrogen-bond donors (Lipinski definition) is 2. The van der Waals surface area contributed by atoms with Gasteiger partial charge in [-0.05, 0) is 0 Å². The van der Waals surface area contributed by atoms with Crippen molar-refractivity contribution in [1.29, 1.82) is 0 Å². The van der Waals surface area contributed by atoms with Crippen LogP contribution in [0.25, 0.3) is 11.5 Å². The molecule has 8 heteroatoms. The fraction of sp³-hybridized carbons (Fsp3) is 0.364. The summed E-state index contributed by atoms with van der Waals surface area (Å²) in [5.41, 5.74) is 2.45. The molecular weight excluding hydrogens is 248 g/mol. The van der Waals surface area contributed by atoms with Crippen molar-refractivity contribution in [2.45, 2.75) is 13.0 Å². The van der Waals surface area contributed by atoms with Crippen LogP contribution in [0.4, 0.5) is 0 Å². The molecule has 98 valence electrons. The molecule has 2 N–H and O–H groups in total. The molecule has 0 unspecified atom stereocenters. The Morgan fingerprint density at radius 2 is 2.32 bits per heavy atom. The van der Waals surface area contributed by atoms with Gasteiger partial charge in [-0.25, -0.2) is 14.8 Å². The summed E-state index contributed by atoms with van der Waals surface area (Å²) in [6, 6.07) is 0. The average Bonchev–Trinajstić information content (AvgIpc) is 2.99. The van der Waals surface area contributed by atoms with E-state index in [9.17, 15) is 4.79 Å². The standard InChI is InChI=1S/C11H12N6O2/c1-19-11(18)9-6-4-12-3-2-7(6)14-10(15-9)8-5-13-17-16-8/h5,12H,2-4H2,1H3,(H,13,16,17). The lowest BCUT2D eigenvalue weighted by Crippen LogP contribution is -2.28. The van der Waals surface area contributed by atoms with Crippen LogP contribution in [0.2, 0.25) is 0 Å². The highest BCUT2D eigenvalue weighted by atomic mass is 16.5. The highest BCUT2D eigenvalue weighted by molar-refractivity contribution is 5.89. The van der Waals surface area contributed by atoms with Crippen LogP contribution < -0.4 is 5.32 Å². The van der Waals surface area contributed by atoms with Crippen LogP contribution in [0.1, 0.15) is 21.7 Å². The first-order valence-corrected chi connectivity index (χ1v) is 5.84. The van der Waals surface area contributed by atoms with Crippen molar-refractivity contribution in [3.05, 3.63) is 23.1 Å². The molecular formula is C11H12N6O2. The Morgan fingerprint density at radius 1 is 1.42 bits per heavy atom. The molecule has 0 radical (unpaired) electrons. The van der Waals surface area contributed by atoms with Gasteiger partial charge in [-0.2, -0.15) is 15.4 Å². The van der Waals surface area contributed by atoms with Gasteiger partial charge in [-0.1, -0.05) is 0 Å². The molecule has 0 amide bonds. The van der Waals surface area contributed by atoms with Crippen molar-refractivity contribution >= 4 is 5.97 Å². The van der Waals surface area contributed by atoms with Gasteiger partial charge in [0.1, 0.15) is 5.69 Å². The maximum Gasteiger partial charge on any atom is 0.357 e. The normalized spacial score (nSPS) is 13.9. The Balaban J connectivity index is 2.16. The van der Waals surface area contributed by atoms with E-state index in [2.05, 4.69) is 30.7 Å². The Hall–Kier alpha value is -2.35. The number of aromatic nitrogens is 5. The summed E-state index contributed by atoms with van der Waals surface area (Å²) in [4.78, 5) is 20.5. The third kappa shape index (κ3) is 2.06. The summed E-state index contributed by atoms with van der Waals surface area (Å²) < 4.78 is 4.77. The first kappa shape index (κ1) is 11.7. The van der Waals surface area contributed by atoms with Gasteiger partial charge in [0.25, 0.3) is 0 Å². The van der Waals surface area contributed by atoms with Crippen molar-refractivity contribution in [2.75, 3.05) is 13.7 Å². The van der Waals surface area contributed by atoms with Crippen LogP contribution in [-0.2, 0) is 17.7 Å². The van der Waals surface area contributed by atoms with E-state index in [4.69, 9.17) is 4.74 Å². The minimum Gasteiger partial charge on any atom is -0.464 e. The van der Waals surface area contributed by atoms with Crippen molar-refractivity contribution in [3.63, 3.8) is 0 Å². The van der Waals surface area contributed by atoms with E-state index in [0.717, 1.165) is 24.2 Å². The molecule has 2 aromatic rings. The second-order valence-corrected chi connectivity index (χ2v) is 4.09. The molecule has 19 heavy (non-hydrogen) atoms. The molecule has 0 aliphatic carbocycles. The van der Waals surface area contributed by atoms with Crippen LogP contribution in [0, 0.1) is 0 Å². The largest absolute Gasteiger partial charge is 0.464 e. The molecule has 2 aromatic heterocycles. The summed E-state index contributed by atoms with van der Waals surface area (Å²) in [6.07, 6.45) is 2.26. The average molecular weight is 260 g/mol. The van der Waals surface area contributed by atoms with Gasteiger partial charge in [0.2, 0.25) is 0 Å². The summed E-state index contributed by atoms with van der Waals surface area (Å²) in [5, 5.41) is 13.3. The van der Waals surface area contributed by atoms with Gasteiger partial charge >= 0.3 is 5.97 Å². The molecule has 1 aliphatic rings. The summed E-state index contributed by atoms with van der Waals surface area (Å²) >= 11 is 0. The predicted molar refractivity (Wildman–Crippen MR) is 64.2 cm³/mol. The molecule has 8 nitrogen and oxygen atoms in total. The Bertz CT molecular complexity index is 610. The summed E-state index contributed by atoms with van der Waals surface area (Å²) in [7, 11) is 1.34. The number of nitrogens with zero attached hydrogens (tertiary/aromatic N) is 4. The van der Waals surface area contributed by atoms with Crippen molar-refractivity contribution in [2.24, 2.45) is 0 Å². The molecule has 0 atom stereocenters. The molecule has 3 rings (SSSR count). The highest BCUT2D eigenvalue weighted by Gasteiger charge is 2.23. The fourth-order valence-corrected chi connectivity index (χ4v) is 2.03. The molecule has 0 saturated heterocycles. The first-order valence-electron chi connectivity index (χ1n) is 5.84. The monoisotopic (exact) mass is 260 g/mol. The molecule has 0 fully saturated rings. The van der Waals surface area contributed by atoms with Gasteiger partial charge in [0.15, 0.2) is 11.5 Å². The van der Waals surface area contributed by atoms with Gasteiger partial charge in [-0.3, -0.25) is 0 Å². The summed E-state index contributed by atoms with van der Waals surface area (Å²) in [5.74, 6) is -0.0816. The zero-order valence-corrected chi connectivity index (χ0v) is 10.3. The van der Waals surface area contributed by atoms with E-state index in [0.29, 0.717) is 18.1 Å². The number of H-pyrrole nitrogens is 1. The number of hydrogen-bond acceptors (Lipinski definition) is 7. The lowest BCUT2D eigenvalue weighted by atomic mass is 10.0. The van der Waals surface area contributed by atoms with E-state index in [1.165, 1.54) is 13.3 Å². The number of rotatable bonds is 2. The van der Waals surface area contributed by atoms with Gasteiger partial charge < -0.3 is 10.1 Å². The zero-order valence-electron chi connectivity index (χ0n) is 10.3. The Labute approximate surface area is 108 Å². The van der Waals surface area contributed by atoms with Crippen LogP contribution in [0.15, 0.2) is 6.20 Å². The van der Waals surface area contributed by atoms with E-state index in [1.54, 1.807) is 0 Å². The van der Waals surface area contributed by atoms with Crippen LogP contribution in [0.5, 0.6) is 0 Å². The molecule has 0 aromatic carbocycles. The van der Waals surface area contributed by atoms with E-state index < -0.39 is 5.97 Å². The van der Waals surface area contributed by atoms with Crippen LogP contribution >= 0.6 is 0 Å². The van der Waals surface area contributed by atoms with Gasteiger partial charge in [-0.15, -0.1) is 0 Å². The smallest absolute Gasteiger partial charge is 0.357 e. The molecule has 3 heterocycles. The van der Waals surface area contributed by atoms with E-state index in [1.807, 2.05) is 0 Å². The maximum atomic E-state index is 11.8. The molecule has 1 aliphatic heterocycles. The number of ether oxygens (including phenoxy) is 1. The first-order chi connectivity index (χ1) is 9.29. The summed E-state index contributed by atoms with van der Waals surface area (Å²) in [6.45, 7) is 1.39. The molecule has 0 spiro atoms. The molecule has 0 bridgehead atoms. The van der Waals surface area contributed by atoms with Crippen molar-refractivity contribution in [1.82, 2.24) is 30.7 Å². The second kappa shape index (κ2) is 4.73. The lowest BCUT2D eigenvalue weighted by Gasteiger charge is -2.18. The Morgan fingerprint density at radius 3 is 3.05 bits per heavy atom. The maximum absolute atomic E-state index is 11.8. The number of nitrogens with one attached hydrogen (secondary N) is 2. The number of methoxy groups -OCH3 is 1. The zero-order chi connectivity index (χ0) is 13.2. The minimum atomic E-state index is -0.466. The quantitative estimate of drug-likeness (QED) is 0.713. The SMILES string of the molecule is COC(=O)c1nc(-c2cn[nH]n2)nc2c1CNCC2. The number of carbonyl (C=O) groups excluding carboxylic acids is 1. The number of carbonyl (C=O) groups is 1. The van der Waals surface area contributed by atoms with Crippen LogP contribution in [0.3, 0.4) is 0 Å². The number of fused-ring (bicyclic) bond motifs is 1. The van der Waals surface area contributed by atoms with Crippen LogP contribution in [-0.4, -0.2) is 45.0 Å². The fourth-order valence-electron chi connectivity index (χ4n) is 2.03. The number of esters is 1. The third-order valence-corrected chi connectivity index (χ3v) is 2.96. The van der Waals surface area contributed by atoms with Gasteiger partial charge in [0.05, 0.1) is 19.0 Å². The third-order valence-electron chi connectivity index (χ3n) is 2.96. The van der Waals surface area contributed by atoms with E-state index in [-0.39, 0.29) is 5.69 Å². The van der Waals surface area contributed by atoms with Crippen molar-refractivity contribution in [3.8, 4) is 11.5 Å². The lowest BCUT2D eigenvalue weighted by molar-refractivity contribution is 0.0592. The second-order valence-electron chi connectivity index (χ2n) is 4.09. The van der Waals surface area contributed by atoms with Crippen molar-refractivity contribution < 1.29 is 9.53 Å². The predicted octanol–water partition coefficient (Wildman–Crippen LogP) is -0.306. The topological polar surface area (TPSA) is 106 Å². The highest BCUT2D eigenvalue weighted by Crippen LogP contribution is 2.20.